The maximum Gasteiger partial charge on any atom is 0.335 e. The standard InChI is InChI=1S/C41H55NO4.C3H6.C2H6.CH3NO/c1-38(2)33-17-20-39(3)31-16-23-41(19-7-12-32(41)30(31)13-14-34(39)40(33,4)21-18-35(38)43)22-15-26-8-5-9-27(24-26)36(44)42-29-11-6-10-28(25-29)37(45)46;1-3-2;1-2;2-1-3/h5-6,8-11,24-25,30-35,43H,7,12-23H2,1-4H3,(H,42,44)(H,45,46);3H,1H2,2H3;1-2H3;1H,(H2,2,3). The molecule has 2 aromatic carbocycles. The van der Waals surface area contributed by atoms with Crippen LogP contribution in [0.1, 0.15) is 152 Å². The van der Waals surface area contributed by atoms with Gasteiger partial charge in [0.2, 0.25) is 6.41 Å². The van der Waals surface area contributed by atoms with Gasteiger partial charge in [-0.3, -0.25) is 9.59 Å². The number of rotatable bonds is 6. The number of carboxylic acids is 1. The molecule has 2 aromatic rings. The Morgan fingerprint density at radius 3 is 2.19 bits per heavy atom. The molecule has 54 heavy (non-hydrogen) atoms. The molecule has 7 heteroatoms. The number of nitrogens with two attached hydrogens (primary N) is 1. The molecule has 0 spiro atoms. The molecule has 298 valence electrons. The lowest BCUT2D eigenvalue weighted by Crippen LogP contribution is -2.63. The third-order valence-electron chi connectivity index (χ3n) is 15.1. The minimum Gasteiger partial charge on any atom is -0.478 e. The van der Waals surface area contributed by atoms with Gasteiger partial charge in [-0.1, -0.05) is 72.2 Å². The molecule has 0 heterocycles. The van der Waals surface area contributed by atoms with Gasteiger partial charge in [0.1, 0.15) is 0 Å². The van der Waals surface area contributed by atoms with Crippen LogP contribution in [0.25, 0.3) is 0 Å². The number of aryl methyl sites for hydroxylation is 1. The molecular weight excluding hydrogens is 673 g/mol. The number of fused-ring (bicyclic) bond motifs is 7. The largest absolute Gasteiger partial charge is 0.478 e. The number of aliphatic hydroxyl groups excluding tert-OH is 1. The number of hydrogen-bond donors (Lipinski definition) is 4. The van der Waals surface area contributed by atoms with Crippen molar-refractivity contribution in [3.8, 4) is 0 Å². The number of anilines is 1. The Hall–Kier alpha value is -3.45. The second kappa shape index (κ2) is 18.0. The number of carbonyl (C=O) groups is 3. The number of aliphatic hydroxyl groups is 1. The number of carbonyl (C=O) groups excluding carboxylic acids is 2. The van der Waals surface area contributed by atoms with Crippen molar-refractivity contribution in [3.63, 3.8) is 0 Å². The van der Waals surface area contributed by atoms with Gasteiger partial charge in [0, 0.05) is 11.3 Å². The Kier molecular flexibility index (Phi) is 14.4. The topological polar surface area (TPSA) is 130 Å². The number of hydrogen-bond acceptors (Lipinski definition) is 4. The van der Waals surface area contributed by atoms with E-state index in [0.29, 0.717) is 33.4 Å². The predicted molar refractivity (Wildman–Crippen MR) is 220 cm³/mol. The van der Waals surface area contributed by atoms with Crippen LogP contribution in [-0.2, 0) is 11.2 Å². The van der Waals surface area contributed by atoms with Crippen LogP contribution in [0, 0.1) is 51.2 Å². The van der Waals surface area contributed by atoms with Crippen LogP contribution >= 0.6 is 0 Å². The van der Waals surface area contributed by atoms with Crippen LogP contribution in [-0.4, -0.2) is 34.6 Å². The highest BCUT2D eigenvalue weighted by Gasteiger charge is 2.66. The summed E-state index contributed by atoms with van der Waals surface area (Å²) >= 11 is 0. The summed E-state index contributed by atoms with van der Waals surface area (Å²) in [5, 5.41) is 23.2. The number of amides is 2. The van der Waals surface area contributed by atoms with Crippen molar-refractivity contribution in [2.24, 2.45) is 57.0 Å². The van der Waals surface area contributed by atoms with E-state index in [1.807, 2.05) is 39.0 Å². The van der Waals surface area contributed by atoms with Crippen LogP contribution in [0.4, 0.5) is 5.69 Å². The molecule has 0 bridgehead atoms. The summed E-state index contributed by atoms with van der Waals surface area (Å²) in [4.78, 5) is 33.1. The number of allylic oxidation sites excluding steroid dienone is 1. The van der Waals surface area contributed by atoms with Gasteiger partial charge < -0.3 is 21.3 Å². The summed E-state index contributed by atoms with van der Waals surface area (Å²) in [7, 11) is 0. The van der Waals surface area contributed by atoms with E-state index in [0.717, 1.165) is 36.5 Å². The molecular formula is C47H70N2O5. The molecule has 5 aliphatic carbocycles. The molecule has 0 radical (unpaired) electrons. The van der Waals surface area contributed by atoms with E-state index in [2.05, 4.69) is 51.4 Å². The summed E-state index contributed by atoms with van der Waals surface area (Å²) in [6.45, 7) is 19.3. The third kappa shape index (κ3) is 8.37. The summed E-state index contributed by atoms with van der Waals surface area (Å²) in [5.41, 5.74) is 7.88. The highest BCUT2D eigenvalue weighted by molar-refractivity contribution is 6.04. The minimum absolute atomic E-state index is 0.0156. The van der Waals surface area contributed by atoms with E-state index >= 15 is 0 Å². The van der Waals surface area contributed by atoms with Crippen molar-refractivity contribution in [2.45, 2.75) is 138 Å². The van der Waals surface area contributed by atoms with E-state index in [1.54, 1.807) is 18.2 Å². The normalized spacial score (nSPS) is 34.1. The molecule has 5 saturated carbocycles. The van der Waals surface area contributed by atoms with Crippen LogP contribution < -0.4 is 11.1 Å². The summed E-state index contributed by atoms with van der Waals surface area (Å²) in [6, 6.07) is 14.5. The zero-order chi connectivity index (χ0) is 39.9. The van der Waals surface area contributed by atoms with Crippen molar-refractivity contribution in [1.82, 2.24) is 0 Å². The second-order valence-electron chi connectivity index (χ2n) is 17.9. The van der Waals surface area contributed by atoms with E-state index in [-0.39, 0.29) is 29.4 Å². The average Bonchev–Trinajstić information content (AvgIpc) is 3.59. The highest BCUT2D eigenvalue weighted by atomic mass is 16.4. The Labute approximate surface area is 326 Å². The number of nitrogens with one attached hydrogen (secondary N) is 1. The van der Waals surface area contributed by atoms with Gasteiger partial charge in [-0.05, 0) is 171 Å². The first kappa shape index (κ1) is 43.3. The molecule has 7 rings (SSSR count). The first-order valence-corrected chi connectivity index (χ1v) is 20.8. The highest BCUT2D eigenvalue weighted by Crippen LogP contribution is 2.73. The van der Waals surface area contributed by atoms with Crippen molar-refractivity contribution in [1.29, 1.82) is 0 Å². The lowest BCUT2D eigenvalue weighted by molar-refractivity contribution is -0.214. The fraction of sp³-hybridized carbons (Fsp3) is 0.638. The van der Waals surface area contributed by atoms with Crippen molar-refractivity contribution < 1.29 is 24.6 Å². The van der Waals surface area contributed by atoms with Gasteiger partial charge in [-0.25, -0.2) is 4.79 Å². The van der Waals surface area contributed by atoms with Crippen LogP contribution in [0.5, 0.6) is 0 Å². The van der Waals surface area contributed by atoms with Gasteiger partial charge >= 0.3 is 5.97 Å². The van der Waals surface area contributed by atoms with Gasteiger partial charge in [-0.15, -0.1) is 6.58 Å². The monoisotopic (exact) mass is 743 g/mol. The zero-order valence-corrected chi connectivity index (χ0v) is 34.3. The molecule has 0 aliphatic heterocycles. The average molecular weight is 743 g/mol. The Bertz CT molecular complexity index is 1600. The molecule has 0 saturated heterocycles. The Balaban J connectivity index is 0.000000752. The van der Waals surface area contributed by atoms with E-state index in [4.69, 9.17) is 4.79 Å². The van der Waals surface area contributed by atoms with Crippen molar-refractivity contribution in [2.75, 3.05) is 5.32 Å². The molecule has 9 unspecified atom stereocenters. The molecule has 7 nitrogen and oxygen atoms in total. The minimum atomic E-state index is -1.01. The Morgan fingerprint density at radius 1 is 0.852 bits per heavy atom. The predicted octanol–water partition coefficient (Wildman–Crippen LogP) is 10.7. The van der Waals surface area contributed by atoms with Crippen molar-refractivity contribution >= 4 is 24.0 Å². The van der Waals surface area contributed by atoms with Crippen molar-refractivity contribution in [3.05, 3.63) is 77.9 Å². The Morgan fingerprint density at radius 2 is 1.50 bits per heavy atom. The smallest absolute Gasteiger partial charge is 0.335 e. The van der Waals surface area contributed by atoms with Crippen LogP contribution in [0.15, 0.2) is 61.2 Å². The lowest BCUT2D eigenvalue weighted by Gasteiger charge is -2.69. The second-order valence-corrected chi connectivity index (χ2v) is 17.9. The summed E-state index contributed by atoms with van der Waals surface area (Å²) in [6.07, 6.45) is 18.4. The zero-order valence-electron chi connectivity index (χ0n) is 34.3. The SMILES string of the molecule is C=CC.CC.CC1(C)C(O)CCC2(C)C1CCC1(C)C3CCC4(CCc5cccc(C(=O)Nc6cccc(C(=O)O)c6)c5)CCCC4C3CCC12.NC=O. The molecule has 5 fully saturated rings. The maximum absolute atomic E-state index is 13.1. The molecule has 2 amide bonds. The lowest BCUT2D eigenvalue weighted by atomic mass is 9.36. The number of primary amides is 1. The van der Waals surface area contributed by atoms with Gasteiger partial charge in [-0.2, -0.15) is 0 Å². The first-order chi connectivity index (χ1) is 25.7. The van der Waals surface area contributed by atoms with E-state index in [1.165, 1.54) is 88.3 Å². The fourth-order valence-corrected chi connectivity index (χ4v) is 13.0. The third-order valence-corrected chi connectivity index (χ3v) is 15.1. The summed E-state index contributed by atoms with van der Waals surface area (Å²) < 4.78 is 0. The quantitative estimate of drug-likeness (QED) is 0.173. The van der Waals surface area contributed by atoms with E-state index < -0.39 is 5.97 Å². The number of benzene rings is 2. The maximum atomic E-state index is 13.1. The molecule has 5 aliphatic rings. The molecule has 9 atom stereocenters. The van der Waals surface area contributed by atoms with E-state index in [9.17, 15) is 19.8 Å². The summed E-state index contributed by atoms with van der Waals surface area (Å²) in [5.74, 6) is 2.70. The van der Waals surface area contributed by atoms with Gasteiger partial charge in [0.15, 0.2) is 0 Å². The molecule has 5 N–H and O–H groups in total. The fourth-order valence-electron chi connectivity index (χ4n) is 13.0. The molecule has 0 aromatic heterocycles. The van der Waals surface area contributed by atoms with Crippen LogP contribution in [0.2, 0.25) is 0 Å². The number of carboxylic acid groups (broad SMARTS) is 1. The number of aromatic carboxylic acids is 1. The van der Waals surface area contributed by atoms with Crippen LogP contribution in [0.3, 0.4) is 0 Å². The first-order valence-electron chi connectivity index (χ1n) is 20.8. The van der Waals surface area contributed by atoms with Gasteiger partial charge in [0.05, 0.1) is 11.7 Å². The van der Waals surface area contributed by atoms with Gasteiger partial charge in [0.25, 0.3) is 5.91 Å².